The molecule has 150 valence electrons. The quantitative estimate of drug-likeness (QED) is 0.794. The van der Waals surface area contributed by atoms with Crippen LogP contribution in [0.3, 0.4) is 0 Å². The summed E-state index contributed by atoms with van der Waals surface area (Å²) in [6, 6.07) is 8.26. The van der Waals surface area contributed by atoms with Gasteiger partial charge < -0.3 is 19.5 Å². The summed E-state index contributed by atoms with van der Waals surface area (Å²) in [4.78, 5) is 16.3. The standard InChI is InChI=1S/C22H28N2O4/c25-22(15-26-14-19-4-2-12-27-19)24-17-6-8-18(9-7-17)28-21-5-1-3-16-13-23-11-10-20(16)21/h1,3,5,10-11,13,17-19H,2,4,6-9,12,14-15H2,(H,24,25). The number of ether oxygens (including phenoxy) is 3. The monoisotopic (exact) mass is 384 g/mol. The molecular formula is C22H28N2O4. The highest BCUT2D eigenvalue weighted by molar-refractivity contribution is 5.87. The van der Waals surface area contributed by atoms with Gasteiger partial charge in [0.2, 0.25) is 5.91 Å². The predicted octanol–water partition coefficient (Wildman–Crippen LogP) is 3.24. The second-order valence-corrected chi connectivity index (χ2v) is 7.66. The van der Waals surface area contributed by atoms with Crippen molar-refractivity contribution in [3.05, 3.63) is 36.7 Å². The van der Waals surface area contributed by atoms with Gasteiger partial charge in [-0.25, -0.2) is 0 Å². The van der Waals surface area contributed by atoms with Gasteiger partial charge in [0.1, 0.15) is 12.4 Å². The fourth-order valence-electron chi connectivity index (χ4n) is 4.03. The highest BCUT2D eigenvalue weighted by Crippen LogP contribution is 2.29. The van der Waals surface area contributed by atoms with Crippen LogP contribution in [0.5, 0.6) is 5.75 Å². The maximum atomic E-state index is 12.1. The van der Waals surface area contributed by atoms with Gasteiger partial charge in [-0.2, -0.15) is 0 Å². The van der Waals surface area contributed by atoms with E-state index in [1.807, 2.05) is 30.5 Å². The Hall–Kier alpha value is -2.18. The minimum Gasteiger partial charge on any atom is -0.490 e. The molecule has 2 aliphatic rings. The zero-order valence-corrected chi connectivity index (χ0v) is 16.1. The Labute approximate surface area is 165 Å². The third-order valence-corrected chi connectivity index (χ3v) is 5.53. The van der Waals surface area contributed by atoms with Crippen LogP contribution in [-0.4, -0.2) is 49.0 Å². The van der Waals surface area contributed by atoms with Gasteiger partial charge in [0.05, 0.1) is 18.8 Å². The fourth-order valence-corrected chi connectivity index (χ4v) is 4.03. The lowest BCUT2D eigenvalue weighted by Gasteiger charge is -2.30. The Morgan fingerprint density at radius 2 is 2.07 bits per heavy atom. The molecule has 1 aliphatic heterocycles. The maximum Gasteiger partial charge on any atom is 0.246 e. The second kappa shape index (κ2) is 9.34. The summed E-state index contributed by atoms with van der Waals surface area (Å²) >= 11 is 0. The number of nitrogens with one attached hydrogen (secondary N) is 1. The highest BCUT2D eigenvalue weighted by atomic mass is 16.5. The summed E-state index contributed by atoms with van der Waals surface area (Å²) in [6.07, 6.45) is 9.82. The van der Waals surface area contributed by atoms with Crippen molar-refractivity contribution in [3.63, 3.8) is 0 Å². The first-order valence-electron chi connectivity index (χ1n) is 10.3. The van der Waals surface area contributed by atoms with Crippen LogP contribution in [0.2, 0.25) is 0 Å². The summed E-state index contributed by atoms with van der Waals surface area (Å²) in [5.74, 6) is 0.874. The van der Waals surface area contributed by atoms with E-state index in [9.17, 15) is 4.79 Å². The van der Waals surface area contributed by atoms with Crippen molar-refractivity contribution in [2.24, 2.45) is 0 Å². The van der Waals surface area contributed by atoms with E-state index in [1.54, 1.807) is 6.20 Å². The van der Waals surface area contributed by atoms with E-state index in [0.717, 1.165) is 61.7 Å². The number of hydrogen-bond donors (Lipinski definition) is 1. The van der Waals surface area contributed by atoms with Crippen molar-refractivity contribution in [1.82, 2.24) is 10.3 Å². The first kappa shape index (κ1) is 19.2. The van der Waals surface area contributed by atoms with E-state index in [4.69, 9.17) is 14.2 Å². The molecule has 1 saturated heterocycles. The first-order valence-corrected chi connectivity index (χ1v) is 10.3. The maximum absolute atomic E-state index is 12.1. The molecule has 0 radical (unpaired) electrons. The van der Waals surface area contributed by atoms with Crippen molar-refractivity contribution in [2.75, 3.05) is 19.8 Å². The molecule has 2 heterocycles. The predicted molar refractivity (Wildman–Crippen MR) is 106 cm³/mol. The second-order valence-electron chi connectivity index (χ2n) is 7.66. The van der Waals surface area contributed by atoms with Crippen LogP contribution in [0.15, 0.2) is 36.7 Å². The molecule has 28 heavy (non-hydrogen) atoms. The summed E-state index contributed by atoms with van der Waals surface area (Å²) in [5.41, 5.74) is 0. The zero-order valence-electron chi connectivity index (χ0n) is 16.1. The van der Waals surface area contributed by atoms with Gasteiger partial charge in [-0.3, -0.25) is 9.78 Å². The van der Waals surface area contributed by atoms with Crippen LogP contribution in [0.25, 0.3) is 10.8 Å². The molecule has 6 nitrogen and oxygen atoms in total. The molecule has 1 aromatic heterocycles. The van der Waals surface area contributed by atoms with Gasteiger partial charge in [-0.1, -0.05) is 12.1 Å². The van der Waals surface area contributed by atoms with Crippen molar-refractivity contribution < 1.29 is 19.0 Å². The van der Waals surface area contributed by atoms with E-state index in [2.05, 4.69) is 10.3 Å². The number of rotatable bonds is 7. The number of fused-ring (bicyclic) bond motifs is 1. The van der Waals surface area contributed by atoms with Gasteiger partial charge in [-0.05, 0) is 50.7 Å². The molecule has 1 aliphatic carbocycles. The van der Waals surface area contributed by atoms with Gasteiger partial charge in [-0.15, -0.1) is 0 Å². The van der Waals surface area contributed by atoms with Gasteiger partial charge >= 0.3 is 0 Å². The minimum absolute atomic E-state index is 0.0380. The average Bonchev–Trinajstić information content (AvgIpc) is 3.23. The van der Waals surface area contributed by atoms with Crippen LogP contribution in [0.4, 0.5) is 0 Å². The van der Waals surface area contributed by atoms with Crippen LogP contribution in [0.1, 0.15) is 38.5 Å². The molecule has 1 saturated carbocycles. The molecular weight excluding hydrogens is 356 g/mol. The van der Waals surface area contributed by atoms with Gasteiger partial charge in [0.15, 0.2) is 0 Å². The number of carbonyl (C=O) groups is 1. The number of nitrogens with zero attached hydrogens (tertiary/aromatic N) is 1. The third-order valence-electron chi connectivity index (χ3n) is 5.53. The average molecular weight is 384 g/mol. The Morgan fingerprint density at radius 1 is 1.18 bits per heavy atom. The smallest absolute Gasteiger partial charge is 0.246 e. The number of hydrogen-bond acceptors (Lipinski definition) is 5. The topological polar surface area (TPSA) is 69.7 Å². The Balaban J connectivity index is 1.19. The van der Waals surface area contributed by atoms with Crippen molar-refractivity contribution >= 4 is 16.7 Å². The Bertz CT molecular complexity index is 778. The Kier molecular flexibility index (Phi) is 6.39. The first-order chi connectivity index (χ1) is 13.8. The van der Waals surface area contributed by atoms with E-state index < -0.39 is 0 Å². The molecule has 1 atom stereocenters. The number of amides is 1. The number of pyridine rings is 1. The van der Waals surface area contributed by atoms with E-state index >= 15 is 0 Å². The van der Waals surface area contributed by atoms with E-state index in [0.29, 0.717) is 6.61 Å². The largest absolute Gasteiger partial charge is 0.490 e. The molecule has 1 amide bonds. The molecule has 2 aromatic rings. The normalized spacial score (nSPS) is 24.9. The van der Waals surface area contributed by atoms with E-state index in [-0.39, 0.29) is 30.8 Å². The lowest BCUT2D eigenvalue weighted by Crippen LogP contribution is -2.41. The van der Waals surface area contributed by atoms with Crippen LogP contribution < -0.4 is 10.1 Å². The zero-order chi connectivity index (χ0) is 19.2. The summed E-state index contributed by atoms with van der Waals surface area (Å²) in [7, 11) is 0. The van der Waals surface area contributed by atoms with Crippen molar-refractivity contribution in [3.8, 4) is 5.75 Å². The minimum atomic E-state index is -0.0380. The van der Waals surface area contributed by atoms with Crippen LogP contribution >= 0.6 is 0 Å². The van der Waals surface area contributed by atoms with E-state index in [1.165, 1.54) is 0 Å². The molecule has 0 spiro atoms. The lowest BCUT2D eigenvalue weighted by atomic mass is 9.93. The molecule has 4 rings (SSSR count). The summed E-state index contributed by atoms with van der Waals surface area (Å²) < 4.78 is 17.3. The molecule has 0 bridgehead atoms. The van der Waals surface area contributed by atoms with Crippen LogP contribution in [0, 0.1) is 0 Å². The third kappa shape index (κ3) is 5.00. The summed E-state index contributed by atoms with van der Waals surface area (Å²) in [5, 5.41) is 5.27. The molecule has 1 N–H and O–H groups in total. The molecule has 6 heteroatoms. The SMILES string of the molecule is O=C(COCC1CCCO1)NC1CCC(Oc2cccc3cnccc23)CC1. The van der Waals surface area contributed by atoms with Gasteiger partial charge in [0.25, 0.3) is 0 Å². The molecule has 1 aromatic carbocycles. The number of carbonyl (C=O) groups excluding carboxylic acids is 1. The fraction of sp³-hybridized carbons (Fsp3) is 0.545. The molecule has 1 unspecified atom stereocenters. The lowest BCUT2D eigenvalue weighted by molar-refractivity contribution is -0.127. The Morgan fingerprint density at radius 3 is 2.89 bits per heavy atom. The number of benzene rings is 1. The summed E-state index contributed by atoms with van der Waals surface area (Å²) in [6.45, 7) is 1.43. The van der Waals surface area contributed by atoms with Gasteiger partial charge in [0, 0.05) is 35.8 Å². The number of aromatic nitrogens is 1. The van der Waals surface area contributed by atoms with Crippen LogP contribution in [-0.2, 0) is 14.3 Å². The highest BCUT2D eigenvalue weighted by Gasteiger charge is 2.24. The van der Waals surface area contributed by atoms with Crippen molar-refractivity contribution in [1.29, 1.82) is 0 Å². The molecule has 2 fully saturated rings. The van der Waals surface area contributed by atoms with Crippen molar-refractivity contribution in [2.45, 2.75) is 56.8 Å².